The van der Waals surface area contributed by atoms with E-state index in [4.69, 9.17) is 29.2 Å². The summed E-state index contributed by atoms with van der Waals surface area (Å²) in [6.45, 7) is 34.5. The van der Waals surface area contributed by atoms with E-state index < -0.39 is 45.3 Å². The van der Waals surface area contributed by atoms with Crippen LogP contribution in [0.2, 0.25) is 0 Å². The van der Waals surface area contributed by atoms with Gasteiger partial charge in [0, 0.05) is 12.1 Å². The van der Waals surface area contributed by atoms with E-state index in [1.165, 1.54) is 47.9 Å². The van der Waals surface area contributed by atoms with Crippen molar-refractivity contribution in [2.45, 2.75) is 229 Å². The first kappa shape index (κ1) is 88.7. The summed E-state index contributed by atoms with van der Waals surface area (Å²) in [5.41, 5.74) is 13.3. The van der Waals surface area contributed by atoms with Crippen LogP contribution in [-0.2, 0) is 29.5 Å². The Hall–Kier alpha value is -11.1. The van der Waals surface area contributed by atoms with Crippen LogP contribution in [-0.4, -0.2) is 158 Å². The number of nitrogens with one attached hydrogen (secondary N) is 11. The largest absolute Gasteiger partial charge is 0.489 e. The number of ether oxygens (including phenoxy) is 3. The number of aromatic amines is 3. The standard InChI is InChI=1S/2C30H39N7O3S.C29H37N7O3S/c1-17(2)40-26-15-21(23-9-7-8-12-31-23)20(6)14-24(26)34-30-35-28(22-16-32-37-29(22)36-30)33-25-13-19(5)10-11-27(25)41(38,39)18(3)4;1-18(2)40-26-16-22(21-11-13-37(6)14-12-21)20(5)15-25(26)33-30-34-28(23-17-31-36-29(23)35-30)32-24-9-7-8-10-27(24)41(38,39)19(3)4;1-17(2)39-25-15-20(22-10-8-9-13-30-22)19(5)14-24(25)33-29-34-27(21-16-31-36-28(21)35-29)32-23-11-6-7-12-26(23)40(37,38)18(3)4/h10-11,13-18,23,31H,7-9,12H2,1-6H3,(H3,32,33,34,35,36,37);7-10,15-19,21H,11-14H2,1-6H3,(H3,31,32,33,34,35,36);6-7,11-12,14-18,22,30H,8-10,13H2,1-5H3,(H3,31,32,33,34,35,36). The van der Waals surface area contributed by atoms with Crippen molar-refractivity contribution in [3.05, 3.63) is 161 Å². The molecule has 2 unspecified atom stereocenters. The third kappa shape index (κ3) is 20.6. The van der Waals surface area contributed by atoms with E-state index in [0.29, 0.717) is 103 Å². The number of aromatic nitrogens is 12. The molecule has 0 aliphatic carbocycles. The monoisotopic (exact) mass is 1720 g/mol. The van der Waals surface area contributed by atoms with Crippen LogP contribution >= 0.6 is 0 Å². The zero-order chi connectivity index (χ0) is 87.1. The molecule has 3 fully saturated rings. The third-order valence-electron chi connectivity index (χ3n) is 21.8. The Labute approximate surface area is 715 Å². The fourth-order valence-corrected chi connectivity index (χ4v) is 18.9. The fraction of sp³-hybridized carbons (Fsp3) is 0.427. The van der Waals surface area contributed by atoms with Crippen molar-refractivity contribution >= 4 is 132 Å². The summed E-state index contributed by atoms with van der Waals surface area (Å²) in [6, 6.07) is 32.2. The summed E-state index contributed by atoms with van der Waals surface area (Å²) in [6.07, 6.45) is 14.0. The molecule has 12 aromatic rings. The van der Waals surface area contributed by atoms with Crippen LogP contribution in [0, 0.1) is 27.7 Å². The predicted octanol–water partition coefficient (Wildman–Crippen LogP) is 18.1. The van der Waals surface area contributed by atoms with Crippen molar-refractivity contribution in [1.82, 2.24) is 76.0 Å². The first-order valence-electron chi connectivity index (χ1n) is 42.0. The van der Waals surface area contributed by atoms with Crippen molar-refractivity contribution in [2.24, 2.45) is 0 Å². The van der Waals surface area contributed by atoms with Crippen molar-refractivity contribution in [3.63, 3.8) is 0 Å². The fourth-order valence-electron chi connectivity index (χ4n) is 15.3. The molecule has 15 rings (SSSR count). The second kappa shape index (κ2) is 38.1. The number of piperidine rings is 3. The number of para-hydroxylation sites is 2. The highest BCUT2D eigenvalue weighted by atomic mass is 32.2. The molecule has 0 bridgehead atoms. The lowest BCUT2D eigenvalue weighted by Crippen LogP contribution is -2.29. The quantitative estimate of drug-likeness (QED) is 0.0228. The van der Waals surface area contributed by atoms with Crippen LogP contribution in [0.15, 0.2) is 136 Å². The molecule has 6 aromatic carbocycles. The molecule has 9 heterocycles. The highest BCUT2D eigenvalue weighted by molar-refractivity contribution is 7.92. The average Bonchev–Trinajstić information content (AvgIpc) is 1.30. The lowest BCUT2D eigenvalue weighted by atomic mass is 9.86. The SMILES string of the molecule is Cc1cc(Nc2nc(Nc3ccccc3S(=O)(=O)C(C)C)c3cn[nH]c3n2)c(OC(C)C)cc1C1CCCCN1.Cc1cc(Nc2nc(Nc3ccccc3S(=O)(=O)C(C)C)c3cn[nH]c3n2)c(OC(C)C)cc1C1CCN(C)CC1.Cc1ccc(S(=O)(=O)C(C)C)c(Nc2nc(Nc3cc(C)c(C4CCCCN4)cc3OC(C)C)nc3[nH]ncc23)c1. The molecule has 30 nitrogen and oxygen atoms in total. The highest BCUT2D eigenvalue weighted by Crippen LogP contribution is 2.43. The molecule has 6 aromatic heterocycles. The number of anilines is 12. The molecule has 2 atom stereocenters. The van der Waals surface area contributed by atoms with Crippen LogP contribution in [0.1, 0.15) is 191 Å². The van der Waals surface area contributed by atoms with Gasteiger partial charge in [-0.05, 0) is 300 Å². The summed E-state index contributed by atoms with van der Waals surface area (Å²) < 4.78 is 97.3. The number of nitrogens with zero attached hydrogens (tertiary/aromatic N) is 10. The number of H-pyrrole nitrogens is 3. The lowest BCUT2D eigenvalue weighted by Gasteiger charge is -2.30. The smallest absolute Gasteiger partial charge is 0.231 e. The predicted molar refractivity (Wildman–Crippen MR) is 485 cm³/mol. The van der Waals surface area contributed by atoms with Crippen LogP contribution in [0.5, 0.6) is 17.2 Å². The summed E-state index contributed by atoms with van der Waals surface area (Å²) in [7, 11) is -8.43. The van der Waals surface area contributed by atoms with Crippen LogP contribution < -0.4 is 56.7 Å². The molecule has 11 N–H and O–H groups in total. The summed E-state index contributed by atoms with van der Waals surface area (Å²) in [5.74, 6) is 4.95. The Morgan fingerprint density at radius 1 is 0.385 bits per heavy atom. The normalized spacial score (nSPS) is 15.7. The Morgan fingerprint density at radius 3 is 1.08 bits per heavy atom. The van der Waals surface area contributed by atoms with Gasteiger partial charge in [0.1, 0.15) is 34.7 Å². The minimum Gasteiger partial charge on any atom is -0.489 e. The number of hydrogen-bond acceptors (Lipinski definition) is 27. The molecule has 122 heavy (non-hydrogen) atoms. The van der Waals surface area contributed by atoms with Gasteiger partial charge in [-0.1, -0.05) is 43.2 Å². The van der Waals surface area contributed by atoms with E-state index in [1.54, 1.807) is 121 Å². The molecule has 0 radical (unpaired) electrons. The molecule has 3 saturated heterocycles. The van der Waals surface area contributed by atoms with Crippen LogP contribution in [0.25, 0.3) is 33.1 Å². The molecular formula is C89H115N21O9S3. The lowest BCUT2D eigenvalue weighted by molar-refractivity contribution is 0.241. The Bertz CT molecular complexity index is 6070. The summed E-state index contributed by atoms with van der Waals surface area (Å²) in [4.78, 5) is 31.2. The Kier molecular flexibility index (Phi) is 27.7. The number of likely N-dealkylation sites (tertiary alicyclic amines) is 1. The van der Waals surface area contributed by atoms with Gasteiger partial charge in [-0.3, -0.25) is 15.3 Å². The molecule has 3 aliphatic heterocycles. The number of aryl methyl sites for hydroxylation is 4. The Morgan fingerprint density at radius 2 is 0.730 bits per heavy atom. The van der Waals surface area contributed by atoms with Crippen molar-refractivity contribution in [3.8, 4) is 17.2 Å². The minimum absolute atomic E-state index is 0.0174. The van der Waals surface area contributed by atoms with Gasteiger partial charge in [-0.2, -0.15) is 45.2 Å². The molecule has 33 heteroatoms. The van der Waals surface area contributed by atoms with E-state index >= 15 is 0 Å². The number of rotatable bonds is 27. The number of fused-ring (bicyclic) bond motifs is 3. The van der Waals surface area contributed by atoms with E-state index in [1.807, 2.05) is 54.5 Å². The molecular weight excluding hydrogens is 1600 g/mol. The van der Waals surface area contributed by atoms with E-state index in [0.717, 1.165) is 103 Å². The minimum atomic E-state index is -3.55. The maximum atomic E-state index is 13.2. The molecule has 0 saturated carbocycles. The van der Waals surface area contributed by atoms with E-state index in [2.05, 4.69) is 157 Å². The number of sulfone groups is 3. The van der Waals surface area contributed by atoms with Crippen molar-refractivity contribution in [1.29, 1.82) is 0 Å². The zero-order valence-electron chi connectivity index (χ0n) is 72.6. The zero-order valence-corrected chi connectivity index (χ0v) is 75.0. The highest BCUT2D eigenvalue weighted by Gasteiger charge is 2.31. The van der Waals surface area contributed by atoms with E-state index in [-0.39, 0.29) is 33.0 Å². The van der Waals surface area contributed by atoms with Gasteiger partial charge in [0.05, 0.1) is 118 Å². The van der Waals surface area contributed by atoms with Gasteiger partial charge < -0.3 is 61.6 Å². The first-order chi connectivity index (χ1) is 58.2. The van der Waals surface area contributed by atoms with Gasteiger partial charge in [-0.15, -0.1) is 0 Å². The van der Waals surface area contributed by atoms with Gasteiger partial charge in [0.25, 0.3) is 0 Å². The van der Waals surface area contributed by atoms with Crippen molar-refractivity contribution < 1.29 is 39.5 Å². The van der Waals surface area contributed by atoms with Gasteiger partial charge in [-0.25, -0.2) is 25.3 Å². The summed E-state index contributed by atoms with van der Waals surface area (Å²) in [5, 5.41) is 48.5. The molecule has 648 valence electrons. The topological polar surface area (TPSA) is 393 Å². The molecule has 0 spiro atoms. The van der Waals surface area contributed by atoms with Crippen LogP contribution in [0.3, 0.4) is 0 Å². The maximum absolute atomic E-state index is 13.2. The Balaban J connectivity index is 0.000000158. The summed E-state index contributed by atoms with van der Waals surface area (Å²) >= 11 is 0. The number of benzene rings is 6. The first-order valence-corrected chi connectivity index (χ1v) is 46.7. The molecule has 3 aliphatic rings. The van der Waals surface area contributed by atoms with Gasteiger partial charge >= 0.3 is 0 Å². The van der Waals surface area contributed by atoms with Gasteiger partial charge in [0.15, 0.2) is 46.5 Å². The van der Waals surface area contributed by atoms with Crippen molar-refractivity contribution in [2.75, 3.05) is 65.1 Å². The second-order valence-electron chi connectivity index (χ2n) is 33.3. The third-order valence-corrected chi connectivity index (χ3v) is 28.5. The maximum Gasteiger partial charge on any atom is 0.231 e. The van der Waals surface area contributed by atoms with Crippen LogP contribution in [0.4, 0.5) is 69.4 Å². The molecule has 0 amide bonds. The second-order valence-corrected chi connectivity index (χ2v) is 40.7. The van der Waals surface area contributed by atoms with E-state index in [9.17, 15) is 25.3 Å². The average molecular weight is 1720 g/mol. The van der Waals surface area contributed by atoms with Gasteiger partial charge in [0.2, 0.25) is 17.8 Å². The number of hydrogen-bond donors (Lipinski definition) is 11.